The van der Waals surface area contributed by atoms with Crippen LogP contribution in [0, 0.1) is 0 Å². The highest BCUT2D eigenvalue weighted by atomic mass is 35.5. The topological polar surface area (TPSA) is 56.3 Å². The first-order valence-corrected chi connectivity index (χ1v) is 12.2. The highest BCUT2D eigenvalue weighted by molar-refractivity contribution is 6.33. The van der Waals surface area contributed by atoms with Gasteiger partial charge in [-0.15, -0.1) is 8.78 Å². The van der Waals surface area contributed by atoms with E-state index in [1.54, 1.807) is 6.20 Å². The summed E-state index contributed by atoms with van der Waals surface area (Å²) < 4.78 is 36.1. The van der Waals surface area contributed by atoms with Gasteiger partial charge in [-0.1, -0.05) is 103 Å². The van der Waals surface area contributed by atoms with Crippen molar-refractivity contribution in [3.05, 3.63) is 137 Å². The fraction of sp³-hybridized carbons (Fsp3) is 0.0667. The van der Waals surface area contributed by atoms with Gasteiger partial charge in [0.25, 0.3) is 0 Å². The Morgan fingerprint density at radius 2 is 1.18 bits per heavy atom. The maximum atomic E-state index is 13.5. The molecule has 188 valence electrons. The number of halogens is 3. The lowest BCUT2D eigenvalue weighted by Gasteiger charge is -2.37. The zero-order chi connectivity index (χ0) is 26.2. The van der Waals surface area contributed by atoms with Crippen molar-refractivity contribution in [2.45, 2.75) is 11.8 Å². The first-order chi connectivity index (χ1) is 18.4. The summed E-state index contributed by atoms with van der Waals surface area (Å²) in [5.41, 5.74) is 3.06. The summed E-state index contributed by atoms with van der Waals surface area (Å²) in [6, 6.07) is 33.0. The van der Waals surface area contributed by atoms with Crippen molar-refractivity contribution in [3.63, 3.8) is 0 Å². The van der Waals surface area contributed by atoms with E-state index in [1.165, 1.54) is 18.3 Å². The number of nitrogens with one attached hydrogen (secondary N) is 1. The highest BCUT2D eigenvalue weighted by Gasteiger charge is 2.44. The Bertz CT molecular complexity index is 1470. The fourth-order valence-corrected chi connectivity index (χ4v) is 4.92. The lowest BCUT2D eigenvalue weighted by atomic mass is 9.77. The maximum absolute atomic E-state index is 13.5. The van der Waals surface area contributed by atoms with Crippen LogP contribution >= 0.6 is 11.6 Å². The van der Waals surface area contributed by atoms with Crippen molar-refractivity contribution in [1.29, 1.82) is 0 Å². The van der Waals surface area contributed by atoms with Crippen LogP contribution in [0.1, 0.15) is 16.7 Å². The first kappa shape index (κ1) is 23.9. The molecular weight excluding hydrogens is 508 g/mol. The number of nitrogens with zero attached hydrogens (tertiary/aromatic N) is 2. The molecule has 1 aromatic heterocycles. The molecule has 0 fully saturated rings. The highest BCUT2D eigenvalue weighted by Crippen LogP contribution is 2.46. The average Bonchev–Trinajstić information content (AvgIpc) is 3.25. The van der Waals surface area contributed by atoms with E-state index in [0.29, 0.717) is 17.1 Å². The Morgan fingerprint density at radius 1 is 0.684 bits per heavy atom. The molecule has 6 rings (SSSR count). The normalized spacial score (nSPS) is 13.8. The quantitative estimate of drug-likeness (QED) is 0.231. The number of anilines is 1. The second-order valence-electron chi connectivity index (χ2n) is 8.71. The second-order valence-corrected chi connectivity index (χ2v) is 9.11. The van der Waals surface area contributed by atoms with Gasteiger partial charge >= 0.3 is 6.29 Å². The molecule has 4 aromatic carbocycles. The van der Waals surface area contributed by atoms with Crippen LogP contribution in [0.15, 0.2) is 116 Å². The van der Waals surface area contributed by atoms with E-state index in [2.05, 4.69) is 61.2 Å². The van der Waals surface area contributed by atoms with Gasteiger partial charge in [0, 0.05) is 11.6 Å². The molecule has 5 nitrogen and oxygen atoms in total. The average molecular weight is 528 g/mol. The molecule has 1 aliphatic rings. The van der Waals surface area contributed by atoms with Gasteiger partial charge in [-0.25, -0.2) is 4.98 Å². The monoisotopic (exact) mass is 527 g/mol. The largest absolute Gasteiger partial charge is 0.586 e. The van der Waals surface area contributed by atoms with Gasteiger partial charge in [0.2, 0.25) is 0 Å². The van der Waals surface area contributed by atoms with E-state index in [-0.39, 0.29) is 16.5 Å². The lowest BCUT2D eigenvalue weighted by molar-refractivity contribution is -0.286. The van der Waals surface area contributed by atoms with Crippen LogP contribution < -0.4 is 14.8 Å². The molecule has 0 amide bonds. The van der Waals surface area contributed by atoms with Crippen molar-refractivity contribution in [2.75, 3.05) is 5.32 Å². The van der Waals surface area contributed by atoms with Gasteiger partial charge < -0.3 is 14.8 Å². The third-order valence-corrected chi connectivity index (χ3v) is 6.67. The third kappa shape index (κ3) is 4.31. The van der Waals surface area contributed by atoms with Crippen LogP contribution in [0.25, 0.3) is 11.3 Å². The van der Waals surface area contributed by atoms with Crippen molar-refractivity contribution < 1.29 is 18.3 Å². The van der Waals surface area contributed by atoms with Crippen molar-refractivity contribution in [3.8, 4) is 22.8 Å². The van der Waals surface area contributed by atoms with Crippen molar-refractivity contribution >= 4 is 17.4 Å². The molecule has 0 saturated carbocycles. The van der Waals surface area contributed by atoms with E-state index in [1.807, 2.05) is 54.6 Å². The number of hydrogen-bond acceptors (Lipinski definition) is 5. The molecule has 0 radical (unpaired) electrons. The van der Waals surface area contributed by atoms with Crippen LogP contribution in [-0.2, 0) is 5.54 Å². The summed E-state index contributed by atoms with van der Waals surface area (Å²) in [5, 5.41) is 3.82. The van der Waals surface area contributed by atoms with Crippen molar-refractivity contribution in [2.24, 2.45) is 0 Å². The standard InChI is InChI=1S/C30H20ClF2N3O2/c31-24-17-27-26(37-30(32,33)38-27)16-23(24)25-18-35-28(19-34-25)36-29(20-10-4-1-5-11-20,21-12-6-2-7-13-21)22-14-8-3-9-15-22/h1-19H,(H,35,36). The molecule has 0 saturated heterocycles. The van der Waals surface area contributed by atoms with Gasteiger partial charge in [0.15, 0.2) is 11.5 Å². The fourth-order valence-electron chi connectivity index (χ4n) is 4.67. The summed E-state index contributed by atoms with van der Waals surface area (Å²) in [6.07, 6.45) is -0.608. The summed E-state index contributed by atoms with van der Waals surface area (Å²) in [6.45, 7) is 0. The van der Waals surface area contributed by atoms with Gasteiger partial charge in [-0.3, -0.25) is 4.98 Å². The zero-order valence-electron chi connectivity index (χ0n) is 19.8. The predicted molar refractivity (Wildman–Crippen MR) is 142 cm³/mol. The van der Waals surface area contributed by atoms with Crippen LogP contribution in [0.5, 0.6) is 11.5 Å². The minimum atomic E-state index is -3.74. The van der Waals surface area contributed by atoms with E-state index >= 15 is 0 Å². The van der Waals surface area contributed by atoms with E-state index in [4.69, 9.17) is 11.6 Å². The third-order valence-electron chi connectivity index (χ3n) is 6.35. The molecule has 0 spiro atoms. The summed E-state index contributed by atoms with van der Waals surface area (Å²) in [4.78, 5) is 9.17. The first-order valence-electron chi connectivity index (χ1n) is 11.8. The number of aromatic nitrogens is 2. The molecule has 38 heavy (non-hydrogen) atoms. The molecule has 2 heterocycles. The molecule has 1 aliphatic heterocycles. The van der Waals surface area contributed by atoms with Crippen LogP contribution in [0.2, 0.25) is 5.02 Å². The molecular formula is C30H20ClF2N3O2. The van der Waals surface area contributed by atoms with Crippen LogP contribution in [0.4, 0.5) is 14.6 Å². The minimum Gasteiger partial charge on any atom is -0.395 e. The van der Waals surface area contributed by atoms with Crippen LogP contribution in [-0.4, -0.2) is 16.3 Å². The number of alkyl halides is 2. The van der Waals surface area contributed by atoms with Crippen molar-refractivity contribution in [1.82, 2.24) is 9.97 Å². The van der Waals surface area contributed by atoms with Gasteiger partial charge in [-0.2, -0.15) is 0 Å². The Kier molecular flexibility index (Phi) is 5.93. The molecule has 8 heteroatoms. The van der Waals surface area contributed by atoms with E-state index < -0.39 is 11.8 Å². The van der Waals surface area contributed by atoms with Gasteiger partial charge in [0.05, 0.1) is 23.1 Å². The molecule has 5 aromatic rings. The lowest BCUT2D eigenvalue weighted by Crippen LogP contribution is -2.38. The smallest absolute Gasteiger partial charge is 0.395 e. The van der Waals surface area contributed by atoms with E-state index in [0.717, 1.165) is 16.7 Å². The second kappa shape index (κ2) is 9.43. The SMILES string of the molecule is FC1(F)Oc2cc(Cl)c(-c3cnc(NC(c4ccccc4)(c4ccccc4)c4ccccc4)cn3)cc2O1. The Balaban J connectivity index is 1.42. The zero-order valence-corrected chi connectivity index (χ0v) is 20.6. The number of benzene rings is 4. The molecule has 1 N–H and O–H groups in total. The number of fused-ring (bicyclic) bond motifs is 1. The summed E-state index contributed by atoms with van der Waals surface area (Å²) in [7, 11) is 0. The number of hydrogen-bond donors (Lipinski definition) is 1. The van der Waals surface area contributed by atoms with Gasteiger partial charge in [-0.05, 0) is 22.8 Å². The van der Waals surface area contributed by atoms with Crippen LogP contribution in [0.3, 0.4) is 0 Å². The predicted octanol–water partition coefficient (Wildman–Crippen LogP) is 7.52. The Labute approximate surface area is 222 Å². The molecule has 0 aliphatic carbocycles. The van der Waals surface area contributed by atoms with E-state index in [9.17, 15) is 8.78 Å². The number of ether oxygens (including phenoxy) is 2. The number of rotatable bonds is 6. The summed E-state index contributed by atoms with van der Waals surface area (Å²) in [5.74, 6) is 0.261. The summed E-state index contributed by atoms with van der Waals surface area (Å²) >= 11 is 6.36. The maximum Gasteiger partial charge on any atom is 0.586 e. The Hall–Kier alpha value is -4.49. The molecule has 0 atom stereocenters. The minimum absolute atomic E-state index is 0.116. The molecule has 0 bridgehead atoms. The molecule has 0 unspecified atom stereocenters. The van der Waals surface area contributed by atoms with Gasteiger partial charge in [0.1, 0.15) is 11.4 Å². The Morgan fingerprint density at radius 3 is 1.66 bits per heavy atom.